The Morgan fingerprint density at radius 1 is 0.431 bits per heavy atom. The summed E-state index contributed by atoms with van der Waals surface area (Å²) in [7, 11) is 0. The molecule has 5 heteroatoms. The van der Waals surface area contributed by atoms with Crippen LogP contribution in [0.25, 0.3) is 99.5 Å². The SMILES string of the molecule is C1=C(c2nc(-c3ccccc3)nc(-c3ccc(-c4ccc(-n5c6ccc7ccccc7c6c6c7ccccc7ccc65)cc4)cc3)n2)c2oc3ccccc3c2CC1. The van der Waals surface area contributed by atoms with Crippen LogP contribution in [0, 0.1) is 0 Å². The molecule has 0 saturated heterocycles. The molecule has 11 aromatic rings. The fourth-order valence-electron chi connectivity index (χ4n) is 8.99. The summed E-state index contributed by atoms with van der Waals surface area (Å²) in [5, 5.41) is 8.77. The Morgan fingerprint density at radius 2 is 0.948 bits per heavy atom. The van der Waals surface area contributed by atoms with Gasteiger partial charge >= 0.3 is 0 Å². The number of furan rings is 1. The highest BCUT2D eigenvalue weighted by molar-refractivity contribution is 6.28. The van der Waals surface area contributed by atoms with Crippen LogP contribution in [-0.2, 0) is 6.42 Å². The second kappa shape index (κ2) is 13.0. The van der Waals surface area contributed by atoms with Crippen LogP contribution in [0.2, 0.25) is 0 Å². The van der Waals surface area contributed by atoms with Crippen molar-refractivity contribution >= 4 is 59.9 Å². The molecule has 272 valence electrons. The van der Waals surface area contributed by atoms with E-state index in [9.17, 15) is 0 Å². The average molecular weight is 743 g/mol. The minimum absolute atomic E-state index is 0.620. The summed E-state index contributed by atoms with van der Waals surface area (Å²) in [5.41, 5.74) is 10.7. The molecule has 8 aromatic carbocycles. The quantitative estimate of drug-likeness (QED) is 0.176. The van der Waals surface area contributed by atoms with Crippen LogP contribution in [0.15, 0.2) is 186 Å². The lowest BCUT2D eigenvalue weighted by atomic mass is 9.95. The molecule has 0 bridgehead atoms. The number of allylic oxidation sites excluding steroid dienone is 1. The van der Waals surface area contributed by atoms with Gasteiger partial charge in [0.05, 0.1) is 16.6 Å². The topological polar surface area (TPSA) is 56.7 Å². The van der Waals surface area contributed by atoms with Gasteiger partial charge in [-0.25, -0.2) is 15.0 Å². The average Bonchev–Trinajstić information content (AvgIpc) is 3.86. The third kappa shape index (κ3) is 5.14. The van der Waals surface area contributed by atoms with Gasteiger partial charge in [0.25, 0.3) is 0 Å². The van der Waals surface area contributed by atoms with Crippen molar-refractivity contribution in [3.8, 4) is 39.6 Å². The number of nitrogens with zero attached hydrogens (tertiary/aromatic N) is 4. The largest absolute Gasteiger partial charge is 0.456 e. The van der Waals surface area contributed by atoms with Crippen LogP contribution in [0.5, 0.6) is 0 Å². The zero-order valence-electron chi connectivity index (χ0n) is 31.4. The van der Waals surface area contributed by atoms with Crippen molar-refractivity contribution in [2.45, 2.75) is 12.8 Å². The molecule has 0 spiro atoms. The van der Waals surface area contributed by atoms with Crippen molar-refractivity contribution in [2.24, 2.45) is 0 Å². The lowest BCUT2D eigenvalue weighted by Gasteiger charge is -2.14. The molecule has 1 aliphatic carbocycles. The first kappa shape index (κ1) is 32.6. The lowest BCUT2D eigenvalue weighted by molar-refractivity contribution is 0.590. The van der Waals surface area contributed by atoms with E-state index in [2.05, 4.69) is 144 Å². The molecule has 12 rings (SSSR count). The molecule has 0 amide bonds. The summed E-state index contributed by atoms with van der Waals surface area (Å²) in [4.78, 5) is 15.1. The first-order valence-electron chi connectivity index (χ1n) is 19.8. The summed E-state index contributed by atoms with van der Waals surface area (Å²) < 4.78 is 8.86. The lowest BCUT2D eigenvalue weighted by Crippen LogP contribution is -2.06. The fourth-order valence-corrected chi connectivity index (χ4v) is 8.99. The smallest absolute Gasteiger partial charge is 0.167 e. The van der Waals surface area contributed by atoms with Crippen molar-refractivity contribution in [3.05, 3.63) is 199 Å². The van der Waals surface area contributed by atoms with Gasteiger partial charge in [0.15, 0.2) is 17.5 Å². The van der Waals surface area contributed by atoms with E-state index in [0.29, 0.717) is 17.5 Å². The summed E-state index contributed by atoms with van der Waals surface area (Å²) >= 11 is 0. The summed E-state index contributed by atoms with van der Waals surface area (Å²) in [5.74, 6) is 2.73. The molecule has 3 aromatic heterocycles. The Balaban J connectivity index is 0.930. The van der Waals surface area contributed by atoms with Gasteiger partial charge in [0, 0.05) is 38.5 Å². The molecule has 0 atom stereocenters. The Hall–Kier alpha value is -7.63. The number of aryl methyl sites for hydroxylation is 1. The van der Waals surface area contributed by atoms with Gasteiger partial charge in [-0.05, 0) is 75.8 Å². The Bertz CT molecular complexity index is 3340. The standard InChI is InChI=1S/C53H34N4O/c1-2-13-37(14-3-1)51-54-52(56-53(55-51)44-19-10-18-43-42-17-8-9-20-47(42)58-50(43)44)38-23-21-33(22-24-38)34-25-29-39(30-26-34)57-45-31-27-35-11-4-6-15-40(35)48(45)49-41-16-7-5-12-36(41)28-32-46(49)57/h1-9,11-17,19-32H,10,18H2. The third-order valence-electron chi connectivity index (χ3n) is 11.7. The first-order chi connectivity index (χ1) is 28.7. The monoisotopic (exact) mass is 742 g/mol. The molecule has 5 nitrogen and oxygen atoms in total. The molecule has 0 aliphatic heterocycles. The van der Waals surface area contributed by atoms with Gasteiger partial charge in [-0.3, -0.25) is 0 Å². The zero-order valence-corrected chi connectivity index (χ0v) is 31.4. The Kier molecular flexibility index (Phi) is 7.29. The number of fused-ring (bicyclic) bond motifs is 10. The van der Waals surface area contributed by atoms with E-state index in [1.165, 1.54) is 48.9 Å². The normalized spacial score (nSPS) is 12.8. The molecule has 1 aliphatic rings. The minimum atomic E-state index is 0.620. The fraction of sp³-hybridized carbons (Fsp3) is 0.0377. The second-order valence-electron chi connectivity index (χ2n) is 15.1. The van der Waals surface area contributed by atoms with Crippen molar-refractivity contribution in [3.63, 3.8) is 0 Å². The maximum absolute atomic E-state index is 6.45. The highest BCUT2D eigenvalue weighted by Crippen LogP contribution is 2.41. The number of rotatable bonds is 5. The van der Waals surface area contributed by atoms with Crippen molar-refractivity contribution in [2.75, 3.05) is 0 Å². The number of aromatic nitrogens is 4. The Morgan fingerprint density at radius 3 is 1.60 bits per heavy atom. The summed E-state index contributed by atoms with van der Waals surface area (Å²) in [6.45, 7) is 0. The van der Waals surface area contributed by atoms with E-state index >= 15 is 0 Å². The summed E-state index contributed by atoms with van der Waals surface area (Å²) in [6.07, 6.45) is 4.02. The molecule has 0 saturated carbocycles. The molecule has 0 radical (unpaired) electrons. The van der Waals surface area contributed by atoms with Crippen LogP contribution >= 0.6 is 0 Å². The number of benzene rings is 8. The molecular formula is C53H34N4O. The van der Waals surface area contributed by atoms with E-state index in [4.69, 9.17) is 19.4 Å². The predicted molar refractivity (Wildman–Crippen MR) is 237 cm³/mol. The van der Waals surface area contributed by atoms with Crippen LogP contribution in [0.1, 0.15) is 23.6 Å². The maximum atomic E-state index is 6.45. The second-order valence-corrected chi connectivity index (χ2v) is 15.1. The van der Waals surface area contributed by atoms with E-state index < -0.39 is 0 Å². The van der Waals surface area contributed by atoms with Gasteiger partial charge in [-0.1, -0.05) is 152 Å². The van der Waals surface area contributed by atoms with Gasteiger partial charge in [-0.15, -0.1) is 0 Å². The van der Waals surface area contributed by atoms with Gasteiger partial charge in [0.2, 0.25) is 0 Å². The first-order valence-corrected chi connectivity index (χ1v) is 19.8. The predicted octanol–water partition coefficient (Wildman–Crippen LogP) is 13.4. The molecule has 0 fully saturated rings. The molecule has 3 heterocycles. The summed E-state index contributed by atoms with van der Waals surface area (Å²) in [6, 6.07) is 62.3. The van der Waals surface area contributed by atoms with E-state index in [1.807, 2.05) is 42.5 Å². The molecule has 0 unspecified atom stereocenters. The Labute approximate surface area is 334 Å². The van der Waals surface area contributed by atoms with Crippen molar-refractivity contribution in [1.29, 1.82) is 0 Å². The van der Waals surface area contributed by atoms with Crippen LogP contribution in [-0.4, -0.2) is 19.5 Å². The van der Waals surface area contributed by atoms with Crippen molar-refractivity contribution in [1.82, 2.24) is 19.5 Å². The van der Waals surface area contributed by atoms with Gasteiger partial charge in [-0.2, -0.15) is 0 Å². The van der Waals surface area contributed by atoms with Crippen LogP contribution in [0.3, 0.4) is 0 Å². The molecule has 0 N–H and O–H groups in total. The number of para-hydroxylation sites is 1. The molecular weight excluding hydrogens is 709 g/mol. The van der Waals surface area contributed by atoms with Gasteiger partial charge < -0.3 is 8.98 Å². The zero-order chi connectivity index (χ0) is 38.2. The number of hydrogen-bond donors (Lipinski definition) is 0. The van der Waals surface area contributed by atoms with Crippen molar-refractivity contribution < 1.29 is 4.42 Å². The highest BCUT2D eigenvalue weighted by Gasteiger charge is 2.25. The van der Waals surface area contributed by atoms with Crippen LogP contribution in [0.4, 0.5) is 0 Å². The van der Waals surface area contributed by atoms with Crippen LogP contribution < -0.4 is 0 Å². The molecule has 58 heavy (non-hydrogen) atoms. The van der Waals surface area contributed by atoms with E-state index in [1.54, 1.807) is 0 Å². The number of hydrogen-bond acceptors (Lipinski definition) is 4. The van der Waals surface area contributed by atoms with E-state index in [0.717, 1.165) is 63.1 Å². The third-order valence-corrected chi connectivity index (χ3v) is 11.7. The maximum Gasteiger partial charge on any atom is 0.167 e. The highest BCUT2D eigenvalue weighted by atomic mass is 16.3. The van der Waals surface area contributed by atoms with Gasteiger partial charge in [0.1, 0.15) is 11.3 Å². The minimum Gasteiger partial charge on any atom is -0.456 e. The van der Waals surface area contributed by atoms with E-state index in [-0.39, 0.29) is 0 Å².